The number of rotatable bonds is 6. The lowest BCUT2D eigenvalue weighted by Gasteiger charge is -2.29. The van der Waals surface area contributed by atoms with Gasteiger partial charge in [0.05, 0.1) is 18.8 Å². The predicted molar refractivity (Wildman–Crippen MR) is 76.2 cm³/mol. The molecule has 2 N–H and O–H groups in total. The lowest BCUT2D eigenvalue weighted by molar-refractivity contribution is -0.0424. The van der Waals surface area contributed by atoms with Crippen LogP contribution in [0.4, 0.5) is 5.69 Å². The fourth-order valence-electron chi connectivity index (χ4n) is 2.42. The summed E-state index contributed by atoms with van der Waals surface area (Å²) in [5, 5.41) is 17.1. The number of aliphatic hydroxyl groups is 1. The molecule has 1 aromatic rings. The van der Waals surface area contributed by atoms with Crippen LogP contribution in [0.25, 0.3) is 0 Å². The molecule has 1 aliphatic carbocycles. The van der Waals surface area contributed by atoms with E-state index in [-0.39, 0.29) is 0 Å². The van der Waals surface area contributed by atoms with Crippen LogP contribution in [0.1, 0.15) is 32.6 Å². The second-order valence-corrected chi connectivity index (χ2v) is 5.96. The van der Waals surface area contributed by atoms with Gasteiger partial charge >= 0.3 is 0 Å². The molecule has 0 aromatic carbocycles. The predicted octanol–water partition coefficient (Wildman–Crippen LogP) is 3.12. The molecule has 3 nitrogen and oxygen atoms in total. The van der Waals surface area contributed by atoms with Gasteiger partial charge in [-0.25, -0.2) is 0 Å². The molecule has 0 bridgehead atoms. The van der Waals surface area contributed by atoms with Crippen LogP contribution in [-0.4, -0.2) is 30.5 Å². The number of hydrogen-bond donors (Lipinski definition) is 2. The van der Waals surface area contributed by atoms with Crippen LogP contribution >= 0.6 is 11.3 Å². The van der Waals surface area contributed by atoms with Gasteiger partial charge in [0.1, 0.15) is 0 Å². The van der Waals surface area contributed by atoms with Crippen LogP contribution < -0.4 is 5.32 Å². The zero-order chi connectivity index (χ0) is 12.8. The molecule has 0 aliphatic heterocycles. The van der Waals surface area contributed by atoms with E-state index in [1.54, 1.807) is 11.3 Å². The summed E-state index contributed by atoms with van der Waals surface area (Å²) in [5.41, 5.74) is 1.07. The molecule has 2 rings (SSSR count). The van der Waals surface area contributed by atoms with E-state index in [9.17, 15) is 5.11 Å². The lowest BCUT2D eigenvalue weighted by atomic mass is 9.88. The molecular formula is C14H23NO2S. The molecule has 18 heavy (non-hydrogen) atoms. The monoisotopic (exact) mass is 269 g/mol. The van der Waals surface area contributed by atoms with Gasteiger partial charge in [0.25, 0.3) is 0 Å². The zero-order valence-corrected chi connectivity index (χ0v) is 11.8. The van der Waals surface area contributed by atoms with E-state index < -0.39 is 6.10 Å². The molecule has 0 saturated heterocycles. The van der Waals surface area contributed by atoms with Crippen molar-refractivity contribution >= 4 is 17.0 Å². The maximum atomic E-state index is 9.88. The van der Waals surface area contributed by atoms with Crippen molar-refractivity contribution in [1.29, 1.82) is 0 Å². The fraction of sp³-hybridized carbons (Fsp3) is 0.714. The largest absolute Gasteiger partial charge is 0.389 e. The molecule has 1 aromatic heterocycles. The first-order chi connectivity index (χ1) is 8.75. The summed E-state index contributed by atoms with van der Waals surface area (Å²) in [5.74, 6) is 0.635. The van der Waals surface area contributed by atoms with Gasteiger partial charge in [-0.1, -0.05) is 19.8 Å². The van der Waals surface area contributed by atoms with Crippen molar-refractivity contribution in [3.05, 3.63) is 16.8 Å². The van der Waals surface area contributed by atoms with Crippen molar-refractivity contribution in [2.75, 3.05) is 18.5 Å². The molecular weight excluding hydrogens is 246 g/mol. The van der Waals surface area contributed by atoms with Gasteiger partial charge in [-0.3, -0.25) is 0 Å². The molecule has 3 unspecified atom stereocenters. The van der Waals surface area contributed by atoms with Crippen LogP contribution in [-0.2, 0) is 4.74 Å². The maximum Gasteiger partial charge on any atom is 0.0945 e. The Hall–Kier alpha value is -0.580. The van der Waals surface area contributed by atoms with Crippen LogP contribution in [0, 0.1) is 5.92 Å². The number of nitrogens with one attached hydrogen (secondary N) is 1. The zero-order valence-electron chi connectivity index (χ0n) is 11.0. The highest BCUT2D eigenvalue weighted by Crippen LogP contribution is 2.26. The standard InChI is InChI=1S/C14H23NO2S/c1-11-4-2-3-5-14(11)17-9-13(16)8-15-12-6-7-18-10-12/h6-7,10-11,13-16H,2-5,8-9H2,1H3. The first-order valence-electron chi connectivity index (χ1n) is 6.81. The van der Waals surface area contributed by atoms with E-state index in [0.717, 1.165) is 12.1 Å². The van der Waals surface area contributed by atoms with E-state index in [0.29, 0.717) is 25.2 Å². The molecule has 102 valence electrons. The molecule has 4 heteroatoms. The summed E-state index contributed by atoms with van der Waals surface area (Å²) >= 11 is 1.65. The first-order valence-corrected chi connectivity index (χ1v) is 7.75. The third-order valence-electron chi connectivity index (χ3n) is 3.60. The molecule has 1 aliphatic rings. The summed E-state index contributed by atoms with van der Waals surface area (Å²) in [4.78, 5) is 0. The number of ether oxygens (including phenoxy) is 1. The third-order valence-corrected chi connectivity index (χ3v) is 4.28. The highest BCUT2D eigenvalue weighted by atomic mass is 32.1. The number of anilines is 1. The lowest BCUT2D eigenvalue weighted by Crippen LogP contribution is -2.32. The molecule has 0 amide bonds. The quantitative estimate of drug-likeness (QED) is 0.833. The first kappa shape index (κ1) is 13.8. The Morgan fingerprint density at radius 1 is 1.50 bits per heavy atom. The summed E-state index contributed by atoms with van der Waals surface area (Å²) in [7, 11) is 0. The Bertz CT molecular complexity index is 329. The van der Waals surface area contributed by atoms with E-state index in [1.807, 2.05) is 16.8 Å². The van der Waals surface area contributed by atoms with Crippen LogP contribution in [0.5, 0.6) is 0 Å². The highest BCUT2D eigenvalue weighted by molar-refractivity contribution is 7.08. The second kappa shape index (κ2) is 7.12. The summed E-state index contributed by atoms with van der Waals surface area (Å²) in [6.45, 7) is 3.24. The van der Waals surface area contributed by atoms with Gasteiger partial charge in [-0.05, 0) is 30.2 Å². The normalized spacial score (nSPS) is 25.9. The van der Waals surface area contributed by atoms with Crippen molar-refractivity contribution < 1.29 is 9.84 Å². The van der Waals surface area contributed by atoms with Crippen molar-refractivity contribution in [2.45, 2.75) is 44.8 Å². The minimum absolute atomic E-state index is 0.342. The van der Waals surface area contributed by atoms with Gasteiger partial charge < -0.3 is 15.2 Å². The van der Waals surface area contributed by atoms with Crippen LogP contribution in [0.2, 0.25) is 0 Å². The molecule has 3 atom stereocenters. The maximum absolute atomic E-state index is 9.88. The van der Waals surface area contributed by atoms with E-state index in [2.05, 4.69) is 12.2 Å². The SMILES string of the molecule is CC1CCCCC1OCC(O)CNc1ccsc1. The van der Waals surface area contributed by atoms with Crippen molar-refractivity contribution in [3.8, 4) is 0 Å². The molecule has 0 spiro atoms. The van der Waals surface area contributed by atoms with Crippen molar-refractivity contribution in [1.82, 2.24) is 0 Å². The van der Waals surface area contributed by atoms with Gasteiger partial charge in [-0.15, -0.1) is 0 Å². The van der Waals surface area contributed by atoms with E-state index in [4.69, 9.17) is 4.74 Å². The minimum atomic E-state index is -0.431. The van der Waals surface area contributed by atoms with Crippen molar-refractivity contribution in [3.63, 3.8) is 0 Å². The summed E-state index contributed by atoms with van der Waals surface area (Å²) in [6, 6.07) is 2.02. The average Bonchev–Trinajstić information content (AvgIpc) is 2.88. The van der Waals surface area contributed by atoms with Crippen LogP contribution in [0.15, 0.2) is 16.8 Å². The van der Waals surface area contributed by atoms with E-state index in [1.165, 1.54) is 19.3 Å². The highest BCUT2D eigenvalue weighted by Gasteiger charge is 2.22. The van der Waals surface area contributed by atoms with Gasteiger partial charge in [0, 0.05) is 17.6 Å². The van der Waals surface area contributed by atoms with E-state index >= 15 is 0 Å². The molecule has 1 saturated carbocycles. The Kier molecular flexibility index (Phi) is 5.47. The summed E-state index contributed by atoms with van der Waals surface area (Å²) in [6.07, 6.45) is 4.90. The fourth-order valence-corrected chi connectivity index (χ4v) is 3.04. The van der Waals surface area contributed by atoms with Crippen molar-refractivity contribution in [2.24, 2.45) is 5.92 Å². The number of hydrogen-bond acceptors (Lipinski definition) is 4. The smallest absolute Gasteiger partial charge is 0.0945 e. The molecule has 1 fully saturated rings. The van der Waals surface area contributed by atoms with Gasteiger partial charge in [0.2, 0.25) is 0 Å². The molecule has 0 radical (unpaired) electrons. The average molecular weight is 269 g/mol. The van der Waals surface area contributed by atoms with Crippen LogP contribution in [0.3, 0.4) is 0 Å². The molecule has 1 heterocycles. The Labute approximate surface area is 113 Å². The summed E-state index contributed by atoms with van der Waals surface area (Å²) < 4.78 is 5.84. The second-order valence-electron chi connectivity index (χ2n) is 5.18. The Balaban J connectivity index is 1.63. The topological polar surface area (TPSA) is 41.5 Å². The van der Waals surface area contributed by atoms with Gasteiger partial charge in [0.15, 0.2) is 0 Å². The Morgan fingerprint density at radius 3 is 3.06 bits per heavy atom. The minimum Gasteiger partial charge on any atom is -0.389 e. The number of aliphatic hydroxyl groups excluding tert-OH is 1. The number of thiophene rings is 1. The Morgan fingerprint density at radius 2 is 2.33 bits per heavy atom. The third kappa shape index (κ3) is 4.26. The van der Waals surface area contributed by atoms with Gasteiger partial charge in [-0.2, -0.15) is 11.3 Å².